The third-order valence-electron chi connectivity index (χ3n) is 2.98. The Labute approximate surface area is 62.2 Å². The summed E-state index contributed by atoms with van der Waals surface area (Å²) in [7, 11) is 0. The maximum absolute atomic E-state index is 5.87. The van der Waals surface area contributed by atoms with Crippen molar-refractivity contribution in [2.24, 2.45) is 17.6 Å². The van der Waals surface area contributed by atoms with Gasteiger partial charge in [0.15, 0.2) is 0 Å². The predicted octanol–water partition coefficient (Wildman–Crippen LogP) is 0.333. The van der Waals surface area contributed by atoms with E-state index in [9.17, 15) is 0 Å². The molecule has 0 spiro atoms. The van der Waals surface area contributed by atoms with Gasteiger partial charge < -0.3 is 11.1 Å². The fourth-order valence-corrected chi connectivity index (χ4v) is 2.44. The van der Waals surface area contributed by atoms with E-state index < -0.39 is 0 Å². The van der Waals surface area contributed by atoms with Gasteiger partial charge >= 0.3 is 0 Å². The zero-order chi connectivity index (χ0) is 6.97. The van der Waals surface area contributed by atoms with Gasteiger partial charge in [-0.2, -0.15) is 0 Å². The first kappa shape index (κ1) is 6.62. The summed E-state index contributed by atoms with van der Waals surface area (Å²) in [4.78, 5) is 0. The van der Waals surface area contributed by atoms with Gasteiger partial charge in [-0.3, -0.25) is 0 Å². The molecule has 0 radical (unpaired) electrons. The Morgan fingerprint density at radius 3 is 2.80 bits per heavy atom. The summed E-state index contributed by atoms with van der Waals surface area (Å²) in [5.41, 5.74) is 5.87. The lowest BCUT2D eigenvalue weighted by Gasteiger charge is -2.25. The minimum absolute atomic E-state index is 0.509. The van der Waals surface area contributed by atoms with E-state index >= 15 is 0 Å². The highest BCUT2D eigenvalue weighted by Gasteiger charge is 2.33. The summed E-state index contributed by atoms with van der Waals surface area (Å²) in [5, 5.41) is 3.42. The van der Waals surface area contributed by atoms with Crippen LogP contribution in [0.15, 0.2) is 0 Å². The maximum atomic E-state index is 5.87. The van der Waals surface area contributed by atoms with Crippen molar-refractivity contribution in [3.8, 4) is 0 Å². The van der Waals surface area contributed by atoms with Crippen LogP contribution >= 0.6 is 0 Å². The maximum Gasteiger partial charge on any atom is 0.00448 e. The average Bonchev–Trinajstić information content (AvgIpc) is 2.27. The molecule has 2 fully saturated rings. The Morgan fingerprint density at radius 1 is 1.20 bits per heavy atom. The molecule has 2 nitrogen and oxygen atoms in total. The molecule has 1 heterocycles. The Kier molecular flexibility index (Phi) is 1.66. The van der Waals surface area contributed by atoms with Gasteiger partial charge in [0, 0.05) is 6.04 Å². The Balaban J connectivity index is 1.97. The standard InChI is InChI=1S/C8H16N2/c9-8-3-6-1-2-10-5-7(6)4-8/h6-8,10H,1-5,9H2. The van der Waals surface area contributed by atoms with Crippen LogP contribution in [0, 0.1) is 11.8 Å². The molecule has 2 aliphatic rings. The summed E-state index contributed by atoms with van der Waals surface area (Å²) in [6, 6.07) is 0.509. The number of fused-ring (bicyclic) bond motifs is 1. The number of hydrogen-bond acceptors (Lipinski definition) is 2. The fourth-order valence-electron chi connectivity index (χ4n) is 2.44. The van der Waals surface area contributed by atoms with E-state index in [1.807, 2.05) is 0 Å². The highest BCUT2D eigenvalue weighted by molar-refractivity contribution is 4.89. The van der Waals surface area contributed by atoms with Gasteiger partial charge in [0.05, 0.1) is 0 Å². The molecule has 0 aromatic carbocycles. The van der Waals surface area contributed by atoms with Crippen LogP contribution in [0.25, 0.3) is 0 Å². The molecule has 1 aliphatic carbocycles. The van der Waals surface area contributed by atoms with Crippen LogP contribution < -0.4 is 11.1 Å². The lowest BCUT2D eigenvalue weighted by atomic mass is 9.90. The van der Waals surface area contributed by atoms with Crippen molar-refractivity contribution in [2.75, 3.05) is 13.1 Å². The van der Waals surface area contributed by atoms with E-state index in [1.165, 1.54) is 32.4 Å². The van der Waals surface area contributed by atoms with E-state index in [-0.39, 0.29) is 0 Å². The molecule has 3 atom stereocenters. The summed E-state index contributed by atoms with van der Waals surface area (Å²) < 4.78 is 0. The number of nitrogens with one attached hydrogen (secondary N) is 1. The van der Waals surface area contributed by atoms with E-state index in [2.05, 4.69) is 5.32 Å². The van der Waals surface area contributed by atoms with Crippen LogP contribution in [0.5, 0.6) is 0 Å². The minimum Gasteiger partial charge on any atom is -0.328 e. The molecule has 3 N–H and O–H groups in total. The second-order valence-electron chi connectivity index (χ2n) is 3.74. The van der Waals surface area contributed by atoms with Crippen LogP contribution in [-0.2, 0) is 0 Å². The average molecular weight is 140 g/mol. The smallest absolute Gasteiger partial charge is 0.00448 e. The molecule has 0 aromatic heterocycles. The van der Waals surface area contributed by atoms with E-state index in [1.54, 1.807) is 0 Å². The lowest BCUT2D eigenvalue weighted by Crippen LogP contribution is -2.33. The summed E-state index contributed by atoms with van der Waals surface area (Å²) in [5.74, 6) is 1.86. The van der Waals surface area contributed by atoms with Gasteiger partial charge in [0.1, 0.15) is 0 Å². The monoisotopic (exact) mass is 140 g/mol. The number of piperidine rings is 1. The van der Waals surface area contributed by atoms with Crippen molar-refractivity contribution >= 4 is 0 Å². The van der Waals surface area contributed by atoms with Gasteiger partial charge in [-0.25, -0.2) is 0 Å². The van der Waals surface area contributed by atoms with E-state index in [0.717, 1.165) is 11.8 Å². The first-order valence-corrected chi connectivity index (χ1v) is 4.32. The zero-order valence-electron chi connectivity index (χ0n) is 6.34. The van der Waals surface area contributed by atoms with Crippen molar-refractivity contribution in [2.45, 2.75) is 25.3 Å². The quantitative estimate of drug-likeness (QED) is 0.509. The SMILES string of the molecule is NC1CC2CCNCC2C1. The third kappa shape index (κ3) is 1.06. The van der Waals surface area contributed by atoms with E-state index in [0.29, 0.717) is 6.04 Å². The van der Waals surface area contributed by atoms with Crippen LogP contribution in [0.2, 0.25) is 0 Å². The summed E-state index contributed by atoms with van der Waals surface area (Å²) in [6.45, 7) is 2.44. The molecule has 2 rings (SSSR count). The largest absolute Gasteiger partial charge is 0.328 e. The molecular formula is C8H16N2. The first-order valence-electron chi connectivity index (χ1n) is 4.32. The van der Waals surface area contributed by atoms with Crippen LogP contribution in [-0.4, -0.2) is 19.1 Å². The van der Waals surface area contributed by atoms with Crippen LogP contribution in [0.4, 0.5) is 0 Å². The van der Waals surface area contributed by atoms with Gasteiger partial charge in [0.2, 0.25) is 0 Å². The lowest BCUT2D eigenvalue weighted by molar-refractivity contribution is 0.295. The molecule has 58 valence electrons. The second kappa shape index (κ2) is 2.51. The Hall–Kier alpha value is -0.0800. The fraction of sp³-hybridized carbons (Fsp3) is 1.00. The zero-order valence-corrected chi connectivity index (χ0v) is 6.34. The van der Waals surface area contributed by atoms with Gasteiger partial charge in [-0.1, -0.05) is 0 Å². The molecule has 2 heteroatoms. The van der Waals surface area contributed by atoms with Crippen molar-refractivity contribution in [1.29, 1.82) is 0 Å². The molecule has 1 aliphatic heterocycles. The predicted molar refractivity (Wildman–Crippen MR) is 41.7 cm³/mol. The Morgan fingerprint density at radius 2 is 2.00 bits per heavy atom. The van der Waals surface area contributed by atoms with Crippen molar-refractivity contribution < 1.29 is 0 Å². The summed E-state index contributed by atoms with van der Waals surface area (Å²) in [6.07, 6.45) is 3.91. The topological polar surface area (TPSA) is 38.0 Å². The number of rotatable bonds is 0. The molecule has 3 unspecified atom stereocenters. The molecule has 0 amide bonds. The van der Waals surface area contributed by atoms with Gasteiger partial charge in [-0.15, -0.1) is 0 Å². The third-order valence-corrected chi connectivity index (χ3v) is 2.98. The van der Waals surface area contributed by atoms with Crippen LogP contribution in [0.3, 0.4) is 0 Å². The number of hydrogen-bond donors (Lipinski definition) is 2. The highest BCUT2D eigenvalue weighted by atomic mass is 14.9. The van der Waals surface area contributed by atoms with Crippen molar-refractivity contribution in [1.82, 2.24) is 5.32 Å². The molecule has 10 heavy (non-hydrogen) atoms. The minimum atomic E-state index is 0.509. The molecule has 0 aromatic rings. The van der Waals surface area contributed by atoms with Crippen LogP contribution in [0.1, 0.15) is 19.3 Å². The van der Waals surface area contributed by atoms with E-state index in [4.69, 9.17) is 5.73 Å². The van der Waals surface area contributed by atoms with Crippen molar-refractivity contribution in [3.05, 3.63) is 0 Å². The molecule has 1 saturated carbocycles. The number of nitrogens with two attached hydrogens (primary N) is 1. The van der Waals surface area contributed by atoms with Gasteiger partial charge in [0.25, 0.3) is 0 Å². The molecular weight excluding hydrogens is 124 g/mol. The molecule has 0 bridgehead atoms. The summed E-state index contributed by atoms with van der Waals surface area (Å²) >= 11 is 0. The Bertz CT molecular complexity index is 110. The highest BCUT2D eigenvalue weighted by Crippen LogP contribution is 2.34. The second-order valence-corrected chi connectivity index (χ2v) is 3.74. The normalized spacial score (nSPS) is 47.1. The van der Waals surface area contributed by atoms with Gasteiger partial charge in [-0.05, 0) is 44.2 Å². The van der Waals surface area contributed by atoms with Crippen molar-refractivity contribution in [3.63, 3.8) is 0 Å². The molecule has 1 saturated heterocycles. The first-order chi connectivity index (χ1) is 4.86.